The van der Waals surface area contributed by atoms with Gasteiger partial charge in [-0.3, -0.25) is 4.79 Å². The maximum Gasteiger partial charge on any atom is 0.255 e. The number of nitrogens with zero attached hydrogens (tertiary/aromatic N) is 3. The number of thiophene rings is 1. The van der Waals surface area contributed by atoms with E-state index >= 15 is 0 Å². The summed E-state index contributed by atoms with van der Waals surface area (Å²) in [4.78, 5) is 27.6. The Labute approximate surface area is 215 Å². The fourth-order valence-corrected chi connectivity index (χ4v) is 4.90. The van der Waals surface area contributed by atoms with Crippen LogP contribution >= 0.6 is 11.3 Å². The number of amides is 1. The lowest BCUT2D eigenvalue weighted by atomic mass is 10.1. The van der Waals surface area contributed by atoms with Crippen molar-refractivity contribution in [2.75, 3.05) is 11.1 Å². The van der Waals surface area contributed by atoms with Gasteiger partial charge in [0.15, 0.2) is 0 Å². The van der Waals surface area contributed by atoms with Crippen molar-refractivity contribution in [2.24, 2.45) is 0 Å². The van der Waals surface area contributed by atoms with E-state index < -0.39 is 23.6 Å². The number of carbonyl (C=O) groups is 1. The summed E-state index contributed by atoms with van der Waals surface area (Å²) in [5.74, 6) is -0.793. The third-order valence-corrected chi connectivity index (χ3v) is 7.00. The molecule has 2 aromatic carbocycles. The van der Waals surface area contributed by atoms with Gasteiger partial charge in [0.2, 0.25) is 0 Å². The quantitative estimate of drug-likeness (QED) is 0.256. The second-order valence-corrected chi connectivity index (χ2v) is 9.54. The summed E-state index contributed by atoms with van der Waals surface area (Å²) in [7, 11) is 0. The Morgan fingerprint density at radius 1 is 1.05 bits per heavy atom. The molecule has 0 aliphatic carbocycles. The summed E-state index contributed by atoms with van der Waals surface area (Å²) in [6, 6.07) is 15.6. The summed E-state index contributed by atoms with van der Waals surface area (Å²) >= 11 is 1.60. The van der Waals surface area contributed by atoms with Crippen molar-refractivity contribution in [3.05, 3.63) is 101 Å². The molecular weight excluding hydrogens is 494 g/mol. The SMILES string of the molecule is C[C@H](NC(=O)c1cccnc1NCc1ccc(-c2ccc3ncnc(N)c3c2)s1)c1cc(F)ccc1F. The van der Waals surface area contributed by atoms with Crippen molar-refractivity contribution in [3.8, 4) is 10.4 Å². The minimum Gasteiger partial charge on any atom is -0.383 e. The molecule has 3 heterocycles. The van der Waals surface area contributed by atoms with Crippen LogP contribution in [-0.4, -0.2) is 20.9 Å². The number of carbonyl (C=O) groups excluding carboxylic acids is 1. The molecule has 5 rings (SSSR count). The van der Waals surface area contributed by atoms with Crippen molar-refractivity contribution in [3.63, 3.8) is 0 Å². The zero-order valence-corrected chi connectivity index (χ0v) is 20.5. The molecule has 0 spiro atoms. The molecule has 186 valence electrons. The van der Waals surface area contributed by atoms with Gasteiger partial charge >= 0.3 is 0 Å². The average molecular weight is 517 g/mol. The Morgan fingerprint density at radius 2 is 1.92 bits per heavy atom. The zero-order chi connectivity index (χ0) is 25.9. The van der Waals surface area contributed by atoms with E-state index in [9.17, 15) is 13.6 Å². The highest BCUT2D eigenvalue weighted by molar-refractivity contribution is 7.15. The molecular formula is C27H22F2N6OS. The number of hydrogen-bond donors (Lipinski definition) is 3. The maximum absolute atomic E-state index is 14.1. The molecule has 1 amide bonds. The highest BCUT2D eigenvalue weighted by atomic mass is 32.1. The smallest absolute Gasteiger partial charge is 0.255 e. The first-order valence-corrected chi connectivity index (χ1v) is 12.2. The molecule has 0 unspecified atom stereocenters. The fraction of sp³-hybridized carbons (Fsp3) is 0.111. The first-order chi connectivity index (χ1) is 17.9. The lowest BCUT2D eigenvalue weighted by Crippen LogP contribution is -2.28. The van der Waals surface area contributed by atoms with Crippen LogP contribution < -0.4 is 16.4 Å². The molecule has 0 aliphatic rings. The third-order valence-electron chi connectivity index (χ3n) is 5.87. The molecule has 0 fully saturated rings. The number of fused-ring (bicyclic) bond motifs is 1. The number of benzene rings is 2. The molecule has 7 nitrogen and oxygen atoms in total. The van der Waals surface area contributed by atoms with Crippen LogP contribution in [0.25, 0.3) is 21.3 Å². The average Bonchev–Trinajstić information content (AvgIpc) is 3.38. The van der Waals surface area contributed by atoms with Gasteiger partial charge in [0, 0.05) is 26.9 Å². The number of nitrogens with two attached hydrogens (primary N) is 1. The zero-order valence-electron chi connectivity index (χ0n) is 19.7. The summed E-state index contributed by atoms with van der Waals surface area (Å²) < 4.78 is 27.7. The minimum atomic E-state index is -0.738. The lowest BCUT2D eigenvalue weighted by molar-refractivity contribution is 0.0939. The first-order valence-electron chi connectivity index (χ1n) is 11.4. The Hall–Kier alpha value is -4.44. The van der Waals surface area contributed by atoms with E-state index in [0.29, 0.717) is 23.7 Å². The van der Waals surface area contributed by atoms with Gasteiger partial charge < -0.3 is 16.4 Å². The first kappa shape index (κ1) is 24.3. The number of halogens is 2. The third kappa shape index (κ3) is 5.24. The number of rotatable bonds is 7. The van der Waals surface area contributed by atoms with Crippen molar-refractivity contribution in [2.45, 2.75) is 19.5 Å². The number of pyridine rings is 1. The number of hydrogen-bond acceptors (Lipinski definition) is 7. The monoisotopic (exact) mass is 516 g/mol. The molecule has 10 heteroatoms. The maximum atomic E-state index is 14.1. The van der Waals surface area contributed by atoms with Gasteiger partial charge in [0.05, 0.1) is 23.7 Å². The van der Waals surface area contributed by atoms with Crippen LogP contribution in [0.1, 0.15) is 33.8 Å². The standard InChI is InChI=1S/C27H22F2N6OS/c1-15(20-12-17(28)5-7-22(20)29)35-27(36)19-3-2-10-31-26(19)32-13-18-6-9-24(37-18)16-4-8-23-21(11-16)25(30)34-14-33-23/h2-12,14-15H,13H2,1H3,(H,31,32)(H,35,36)(H2,30,33,34)/t15-/m0/s1. The summed E-state index contributed by atoms with van der Waals surface area (Å²) in [5.41, 5.74) is 8.16. The van der Waals surface area contributed by atoms with Crippen LogP contribution in [0.15, 0.2) is 73.2 Å². The van der Waals surface area contributed by atoms with Crippen molar-refractivity contribution in [1.29, 1.82) is 0 Å². The second-order valence-electron chi connectivity index (χ2n) is 8.37. The number of nitrogen functional groups attached to an aromatic ring is 1. The van der Waals surface area contributed by atoms with Gasteiger partial charge in [-0.2, -0.15) is 0 Å². The van der Waals surface area contributed by atoms with Gasteiger partial charge in [0.1, 0.15) is 29.6 Å². The van der Waals surface area contributed by atoms with Crippen LogP contribution in [-0.2, 0) is 6.54 Å². The molecule has 3 aromatic heterocycles. The fourth-order valence-electron chi connectivity index (χ4n) is 3.96. The number of nitrogens with one attached hydrogen (secondary N) is 2. The molecule has 4 N–H and O–H groups in total. The van der Waals surface area contributed by atoms with Crippen LogP contribution in [0, 0.1) is 11.6 Å². The Balaban J connectivity index is 1.29. The molecule has 0 saturated carbocycles. The van der Waals surface area contributed by atoms with Crippen LogP contribution in [0.4, 0.5) is 20.4 Å². The van der Waals surface area contributed by atoms with Crippen molar-refractivity contribution >= 4 is 39.8 Å². The lowest BCUT2D eigenvalue weighted by Gasteiger charge is -2.17. The van der Waals surface area contributed by atoms with Crippen molar-refractivity contribution < 1.29 is 13.6 Å². The summed E-state index contributed by atoms with van der Waals surface area (Å²) in [5, 5.41) is 6.73. The largest absolute Gasteiger partial charge is 0.383 e. The Bertz CT molecular complexity index is 1610. The minimum absolute atomic E-state index is 0.0693. The Kier molecular flexibility index (Phi) is 6.74. The predicted molar refractivity (Wildman–Crippen MR) is 141 cm³/mol. The van der Waals surface area contributed by atoms with Crippen molar-refractivity contribution in [1.82, 2.24) is 20.3 Å². The number of anilines is 2. The van der Waals surface area contributed by atoms with E-state index in [-0.39, 0.29) is 5.56 Å². The Morgan fingerprint density at radius 3 is 2.78 bits per heavy atom. The molecule has 37 heavy (non-hydrogen) atoms. The summed E-state index contributed by atoms with van der Waals surface area (Å²) in [6.07, 6.45) is 3.02. The van der Waals surface area contributed by atoms with E-state index in [1.54, 1.807) is 36.6 Å². The molecule has 0 saturated heterocycles. The van der Waals surface area contributed by atoms with Crippen LogP contribution in [0.2, 0.25) is 0 Å². The van der Waals surface area contributed by atoms with Gasteiger partial charge in [0.25, 0.3) is 5.91 Å². The highest BCUT2D eigenvalue weighted by Gasteiger charge is 2.18. The molecule has 0 aliphatic heterocycles. The normalized spacial score (nSPS) is 11.9. The molecule has 0 bridgehead atoms. The van der Waals surface area contributed by atoms with Gasteiger partial charge in [-0.25, -0.2) is 23.7 Å². The van der Waals surface area contributed by atoms with Crippen LogP contribution in [0.3, 0.4) is 0 Å². The highest BCUT2D eigenvalue weighted by Crippen LogP contribution is 2.31. The predicted octanol–water partition coefficient (Wildman–Crippen LogP) is 5.72. The molecule has 1 atom stereocenters. The second kappa shape index (κ2) is 10.3. The van der Waals surface area contributed by atoms with Crippen LogP contribution in [0.5, 0.6) is 0 Å². The van der Waals surface area contributed by atoms with Gasteiger partial charge in [-0.15, -0.1) is 11.3 Å². The van der Waals surface area contributed by atoms with E-state index in [2.05, 4.69) is 25.6 Å². The van der Waals surface area contributed by atoms with E-state index in [4.69, 9.17) is 5.73 Å². The molecule has 0 radical (unpaired) electrons. The summed E-state index contributed by atoms with van der Waals surface area (Å²) in [6.45, 7) is 2.04. The van der Waals surface area contributed by atoms with E-state index in [1.165, 1.54) is 6.33 Å². The van der Waals surface area contributed by atoms with Gasteiger partial charge in [-0.1, -0.05) is 6.07 Å². The van der Waals surface area contributed by atoms with E-state index in [1.807, 2.05) is 30.3 Å². The molecule has 5 aromatic rings. The topological polar surface area (TPSA) is 106 Å². The van der Waals surface area contributed by atoms with E-state index in [0.717, 1.165) is 44.4 Å². The number of aromatic nitrogens is 3. The van der Waals surface area contributed by atoms with Gasteiger partial charge in [-0.05, 0) is 67.1 Å².